The van der Waals surface area contributed by atoms with Crippen molar-refractivity contribution in [3.63, 3.8) is 0 Å². The van der Waals surface area contributed by atoms with E-state index in [0.717, 1.165) is 11.1 Å². The van der Waals surface area contributed by atoms with Crippen LogP contribution in [-0.2, 0) is 22.6 Å². The number of primary amides is 1. The third kappa shape index (κ3) is 3.64. The molecule has 0 saturated carbocycles. The van der Waals surface area contributed by atoms with Crippen LogP contribution < -0.4 is 15.2 Å². The quantitative estimate of drug-likeness (QED) is 0.889. The molecule has 0 bridgehead atoms. The Morgan fingerprint density at radius 3 is 2.31 bits per heavy atom. The Morgan fingerprint density at radius 2 is 1.69 bits per heavy atom. The van der Waals surface area contributed by atoms with Gasteiger partial charge in [0.05, 0.1) is 7.11 Å². The molecule has 0 unspecified atom stereocenters. The van der Waals surface area contributed by atoms with Gasteiger partial charge in [0.2, 0.25) is 5.91 Å². The summed E-state index contributed by atoms with van der Waals surface area (Å²) in [5.41, 5.74) is 7.62. The Morgan fingerprint density at radius 1 is 1.08 bits per heavy atom. The van der Waals surface area contributed by atoms with E-state index in [4.69, 9.17) is 15.2 Å². The molecule has 0 radical (unpaired) electrons. The molecule has 26 heavy (non-hydrogen) atoms. The summed E-state index contributed by atoms with van der Waals surface area (Å²) in [6, 6.07) is 14.1. The number of nitrogens with zero attached hydrogens (tertiary/aromatic N) is 1. The SMILES string of the molecule is COc1ccc(O[C@H](C)C(=O)N2Cc3ccccc3C[C@@H]2C(N)=O)cc1. The molecule has 2 N–H and O–H groups in total. The van der Waals surface area contributed by atoms with Crippen LogP contribution in [0, 0.1) is 0 Å². The highest BCUT2D eigenvalue weighted by molar-refractivity contribution is 5.89. The highest BCUT2D eigenvalue weighted by atomic mass is 16.5. The molecule has 1 aliphatic heterocycles. The van der Waals surface area contributed by atoms with Gasteiger partial charge in [-0.15, -0.1) is 0 Å². The first-order valence-corrected chi connectivity index (χ1v) is 8.47. The highest BCUT2D eigenvalue weighted by Gasteiger charge is 2.35. The molecule has 1 heterocycles. The lowest BCUT2D eigenvalue weighted by atomic mass is 9.93. The summed E-state index contributed by atoms with van der Waals surface area (Å²) in [7, 11) is 1.58. The van der Waals surface area contributed by atoms with Gasteiger partial charge in [-0.1, -0.05) is 24.3 Å². The summed E-state index contributed by atoms with van der Waals surface area (Å²) < 4.78 is 10.9. The molecule has 0 spiro atoms. The van der Waals surface area contributed by atoms with Crippen LogP contribution >= 0.6 is 0 Å². The fraction of sp³-hybridized carbons (Fsp3) is 0.300. The average Bonchev–Trinajstić information content (AvgIpc) is 2.66. The first-order chi connectivity index (χ1) is 12.5. The minimum Gasteiger partial charge on any atom is -0.497 e. The zero-order valence-electron chi connectivity index (χ0n) is 14.8. The Labute approximate surface area is 152 Å². The maximum atomic E-state index is 12.9. The first kappa shape index (κ1) is 17.8. The van der Waals surface area contributed by atoms with Crippen LogP contribution in [0.25, 0.3) is 0 Å². The largest absolute Gasteiger partial charge is 0.497 e. The van der Waals surface area contributed by atoms with Crippen LogP contribution in [0.1, 0.15) is 18.1 Å². The van der Waals surface area contributed by atoms with Crippen LogP contribution in [0.4, 0.5) is 0 Å². The fourth-order valence-corrected chi connectivity index (χ4v) is 3.15. The maximum Gasteiger partial charge on any atom is 0.264 e. The molecule has 6 nitrogen and oxygen atoms in total. The minimum atomic E-state index is -0.740. The average molecular weight is 354 g/mol. The van der Waals surface area contributed by atoms with Crippen molar-refractivity contribution in [1.29, 1.82) is 0 Å². The van der Waals surface area contributed by atoms with Crippen LogP contribution in [0.3, 0.4) is 0 Å². The van der Waals surface area contributed by atoms with Crippen molar-refractivity contribution >= 4 is 11.8 Å². The van der Waals surface area contributed by atoms with Gasteiger partial charge in [-0.25, -0.2) is 0 Å². The molecular weight excluding hydrogens is 332 g/mol. The van der Waals surface area contributed by atoms with Crippen molar-refractivity contribution in [1.82, 2.24) is 4.90 Å². The second-order valence-electron chi connectivity index (χ2n) is 6.29. The number of nitrogens with two attached hydrogens (primary N) is 1. The topological polar surface area (TPSA) is 81.9 Å². The highest BCUT2D eigenvalue weighted by Crippen LogP contribution is 2.25. The molecule has 3 rings (SSSR count). The van der Waals surface area contributed by atoms with E-state index >= 15 is 0 Å². The molecule has 0 saturated heterocycles. The molecule has 2 aromatic rings. The lowest BCUT2D eigenvalue weighted by molar-refractivity contribution is -0.146. The number of rotatable bonds is 5. The summed E-state index contributed by atoms with van der Waals surface area (Å²) in [6.45, 7) is 2.02. The number of ether oxygens (including phenoxy) is 2. The van der Waals surface area contributed by atoms with Crippen molar-refractivity contribution in [3.8, 4) is 11.5 Å². The van der Waals surface area contributed by atoms with E-state index in [1.165, 1.54) is 4.90 Å². The summed E-state index contributed by atoms with van der Waals surface area (Å²) in [6.07, 6.45) is -0.317. The van der Waals surface area contributed by atoms with E-state index in [-0.39, 0.29) is 5.91 Å². The molecule has 2 aromatic carbocycles. The zero-order valence-corrected chi connectivity index (χ0v) is 14.8. The van der Waals surface area contributed by atoms with E-state index in [0.29, 0.717) is 24.5 Å². The molecule has 2 amide bonds. The normalized spacial score (nSPS) is 17.2. The number of methoxy groups -OCH3 is 1. The zero-order chi connectivity index (χ0) is 18.7. The number of amides is 2. The third-order valence-corrected chi connectivity index (χ3v) is 4.58. The van der Waals surface area contributed by atoms with Crippen molar-refractivity contribution in [2.75, 3.05) is 7.11 Å². The van der Waals surface area contributed by atoms with Crippen molar-refractivity contribution in [2.45, 2.75) is 32.0 Å². The number of hydrogen-bond acceptors (Lipinski definition) is 4. The lowest BCUT2D eigenvalue weighted by Crippen LogP contribution is -2.54. The van der Waals surface area contributed by atoms with E-state index in [2.05, 4.69) is 0 Å². The van der Waals surface area contributed by atoms with Gasteiger partial charge in [0.15, 0.2) is 6.10 Å². The van der Waals surface area contributed by atoms with Crippen LogP contribution in [-0.4, -0.2) is 36.0 Å². The van der Waals surface area contributed by atoms with Gasteiger partial charge in [0.25, 0.3) is 5.91 Å². The van der Waals surface area contributed by atoms with E-state index in [1.54, 1.807) is 38.3 Å². The maximum absolute atomic E-state index is 12.9. The molecule has 1 aliphatic rings. The summed E-state index contributed by atoms with van der Waals surface area (Å²) in [4.78, 5) is 26.3. The second kappa shape index (κ2) is 7.47. The molecule has 2 atom stereocenters. The fourth-order valence-electron chi connectivity index (χ4n) is 3.15. The number of benzene rings is 2. The van der Waals surface area contributed by atoms with Gasteiger partial charge in [-0.05, 0) is 42.3 Å². The van der Waals surface area contributed by atoms with Gasteiger partial charge >= 0.3 is 0 Å². The number of fused-ring (bicyclic) bond motifs is 1. The van der Waals surface area contributed by atoms with Gasteiger partial charge in [0.1, 0.15) is 17.5 Å². The van der Waals surface area contributed by atoms with Gasteiger partial charge in [0, 0.05) is 13.0 Å². The van der Waals surface area contributed by atoms with Crippen LogP contribution in [0.2, 0.25) is 0 Å². The van der Waals surface area contributed by atoms with Crippen molar-refractivity contribution < 1.29 is 19.1 Å². The second-order valence-corrected chi connectivity index (χ2v) is 6.29. The van der Waals surface area contributed by atoms with E-state index in [1.807, 2.05) is 24.3 Å². The number of carbonyl (C=O) groups excluding carboxylic acids is 2. The predicted molar refractivity (Wildman–Crippen MR) is 96.8 cm³/mol. The van der Waals surface area contributed by atoms with Crippen molar-refractivity contribution in [2.24, 2.45) is 5.73 Å². The standard InChI is InChI=1S/C20H22N2O4/c1-13(26-17-9-7-16(25-2)8-10-17)20(24)22-12-15-6-4-3-5-14(15)11-18(22)19(21)23/h3-10,13,18H,11-12H2,1-2H3,(H2,21,23)/t13-,18-/m1/s1. The molecule has 0 aliphatic carbocycles. The third-order valence-electron chi connectivity index (χ3n) is 4.58. The summed E-state index contributed by atoms with van der Waals surface area (Å²) in [5.74, 6) is 0.487. The van der Waals surface area contributed by atoms with Crippen LogP contribution in [0.5, 0.6) is 11.5 Å². The van der Waals surface area contributed by atoms with Gasteiger partial charge < -0.3 is 20.1 Å². The first-order valence-electron chi connectivity index (χ1n) is 8.47. The monoisotopic (exact) mass is 354 g/mol. The molecule has 136 valence electrons. The van der Waals surface area contributed by atoms with Crippen LogP contribution in [0.15, 0.2) is 48.5 Å². The molecular formula is C20H22N2O4. The smallest absolute Gasteiger partial charge is 0.264 e. The Hall–Kier alpha value is -3.02. The summed E-state index contributed by atoms with van der Waals surface area (Å²) in [5, 5.41) is 0. The van der Waals surface area contributed by atoms with Gasteiger partial charge in [-0.2, -0.15) is 0 Å². The van der Waals surface area contributed by atoms with E-state index < -0.39 is 18.1 Å². The Kier molecular flexibility index (Phi) is 5.11. The lowest BCUT2D eigenvalue weighted by Gasteiger charge is -2.36. The Balaban J connectivity index is 1.76. The summed E-state index contributed by atoms with van der Waals surface area (Å²) >= 11 is 0. The Bertz CT molecular complexity index is 804. The predicted octanol–water partition coefficient (Wildman–Crippen LogP) is 1.90. The molecule has 0 fully saturated rings. The minimum absolute atomic E-state index is 0.265. The van der Waals surface area contributed by atoms with Crippen molar-refractivity contribution in [3.05, 3.63) is 59.7 Å². The number of carbonyl (C=O) groups is 2. The van der Waals surface area contributed by atoms with Gasteiger partial charge in [-0.3, -0.25) is 9.59 Å². The molecule has 0 aromatic heterocycles. The van der Waals surface area contributed by atoms with E-state index in [9.17, 15) is 9.59 Å². The number of hydrogen-bond donors (Lipinski definition) is 1. The molecule has 6 heteroatoms.